The van der Waals surface area contributed by atoms with Gasteiger partial charge < -0.3 is 14.8 Å². The molecule has 0 atom stereocenters. The van der Waals surface area contributed by atoms with Crippen molar-refractivity contribution in [2.24, 2.45) is 0 Å². The van der Waals surface area contributed by atoms with Gasteiger partial charge in [0.1, 0.15) is 18.1 Å². The average Bonchev–Trinajstić information content (AvgIpc) is 3.19. The number of halogens is 1. The first kappa shape index (κ1) is 18.2. The maximum absolute atomic E-state index is 11.7. The lowest BCUT2D eigenvalue weighted by Gasteiger charge is -2.08. The summed E-state index contributed by atoms with van der Waals surface area (Å²) >= 11 is 7.45. The summed E-state index contributed by atoms with van der Waals surface area (Å²) in [5.41, 5.74) is 0.804. The molecular weight excluding hydrogens is 374 g/mol. The standard InChI is InChI=1S/C18H16ClN3O3S/c19-13-3-1-4-14(11-13)25-12-17(23)20-8-9-24-18-7-6-15(21-22-18)16-5-2-10-26-16/h1-7,10-11H,8-9,12H2,(H,20,23). The van der Waals surface area contributed by atoms with Crippen molar-refractivity contribution in [3.8, 4) is 22.2 Å². The highest BCUT2D eigenvalue weighted by Gasteiger charge is 2.05. The average molecular weight is 390 g/mol. The third-order valence-electron chi connectivity index (χ3n) is 3.25. The van der Waals surface area contributed by atoms with Crippen molar-refractivity contribution in [3.05, 3.63) is 58.9 Å². The van der Waals surface area contributed by atoms with E-state index in [1.165, 1.54) is 0 Å². The van der Waals surface area contributed by atoms with Gasteiger partial charge in [0.05, 0.1) is 11.4 Å². The summed E-state index contributed by atoms with van der Waals surface area (Å²) in [7, 11) is 0. The van der Waals surface area contributed by atoms with Gasteiger partial charge in [-0.15, -0.1) is 21.5 Å². The quantitative estimate of drug-likeness (QED) is 0.597. The molecule has 6 nitrogen and oxygen atoms in total. The van der Waals surface area contributed by atoms with Gasteiger partial charge in [-0.2, -0.15) is 0 Å². The van der Waals surface area contributed by atoms with E-state index in [4.69, 9.17) is 21.1 Å². The molecule has 1 amide bonds. The van der Waals surface area contributed by atoms with Crippen LogP contribution in [0.4, 0.5) is 0 Å². The van der Waals surface area contributed by atoms with E-state index >= 15 is 0 Å². The number of hydrogen-bond acceptors (Lipinski definition) is 6. The Morgan fingerprint density at radius 3 is 2.77 bits per heavy atom. The number of hydrogen-bond donors (Lipinski definition) is 1. The minimum Gasteiger partial charge on any atom is -0.484 e. The molecule has 3 rings (SSSR count). The third kappa shape index (κ3) is 5.44. The predicted molar refractivity (Wildman–Crippen MR) is 101 cm³/mol. The monoisotopic (exact) mass is 389 g/mol. The first-order valence-electron chi connectivity index (χ1n) is 7.86. The molecule has 0 aliphatic carbocycles. The zero-order valence-corrected chi connectivity index (χ0v) is 15.3. The number of amides is 1. The van der Waals surface area contributed by atoms with Crippen LogP contribution in [-0.4, -0.2) is 35.9 Å². The number of nitrogens with zero attached hydrogens (tertiary/aromatic N) is 2. The molecule has 134 valence electrons. The molecule has 0 unspecified atom stereocenters. The highest BCUT2D eigenvalue weighted by molar-refractivity contribution is 7.13. The molecular formula is C18H16ClN3O3S. The second-order valence-electron chi connectivity index (χ2n) is 5.18. The first-order chi connectivity index (χ1) is 12.7. The molecule has 2 aromatic heterocycles. The summed E-state index contributed by atoms with van der Waals surface area (Å²) in [6.45, 7) is 0.539. The molecule has 0 radical (unpaired) electrons. The fraction of sp³-hybridized carbons (Fsp3) is 0.167. The Balaban J connectivity index is 1.35. The highest BCUT2D eigenvalue weighted by Crippen LogP contribution is 2.22. The zero-order valence-electron chi connectivity index (χ0n) is 13.7. The summed E-state index contributed by atoms with van der Waals surface area (Å²) < 4.78 is 10.8. The van der Waals surface area contributed by atoms with Crippen LogP contribution in [0.3, 0.4) is 0 Å². The van der Waals surface area contributed by atoms with Crippen molar-refractivity contribution < 1.29 is 14.3 Å². The number of thiophene rings is 1. The Kier molecular flexibility index (Phi) is 6.40. The summed E-state index contributed by atoms with van der Waals surface area (Å²) in [6, 6.07) is 14.4. The maximum atomic E-state index is 11.7. The Labute approximate surface area is 159 Å². The molecule has 1 N–H and O–H groups in total. The lowest BCUT2D eigenvalue weighted by molar-refractivity contribution is -0.123. The largest absolute Gasteiger partial charge is 0.484 e. The van der Waals surface area contributed by atoms with Crippen LogP contribution in [0, 0.1) is 0 Å². The Hall–Kier alpha value is -2.64. The number of aromatic nitrogens is 2. The third-order valence-corrected chi connectivity index (χ3v) is 4.38. The molecule has 3 aromatic rings. The van der Waals surface area contributed by atoms with Gasteiger partial charge in [-0.25, -0.2) is 0 Å². The summed E-state index contributed by atoms with van der Waals surface area (Å²) in [6.07, 6.45) is 0. The van der Waals surface area contributed by atoms with Crippen molar-refractivity contribution in [1.29, 1.82) is 0 Å². The van der Waals surface area contributed by atoms with Gasteiger partial charge in [0.25, 0.3) is 5.91 Å². The van der Waals surface area contributed by atoms with E-state index in [2.05, 4.69) is 15.5 Å². The van der Waals surface area contributed by atoms with E-state index in [1.807, 2.05) is 23.6 Å². The molecule has 8 heteroatoms. The highest BCUT2D eigenvalue weighted by atomic mass is 35.5. The number of ether oxygens (including phenoxy) is 2. The fourth-order valence-electron chi connectivity index (χ4n) is 2.06. The van der Waals surface area contributed by atoms with Gasteiger partial charge in [0.2, 0.25) is 5.88 Å². The van der Waals surface area contributed by atoms with Crippen LogP contribution in [0.15, 0.2) is 53.9 Å². The Morgan fingerprint density at radius 1 is 1.12 bits per heavy atom. The van der Waals surface area contributed by atoms with E-state index < -0.39 is 0 Å². The first-order valence-corrected chi connectivity index (χ1v) is 9.12. The van der Waals surface area contributed by atoms with Gasteiger partial charge >= 0.3 is 0 Å². The lowest BCUT2D eigenvalue weighted by atomic mass is 10.3. The summed E-state index contributed by atoms with van der Waals surface area (Å²) in [5, 5.41) is 13.4. The summed E-state index contributed by atoms with van der Waals surface area (Å²) in [5.74, 6) is 0.715. The van der Waals surface area contributed by atoms with Gasteiger partial charge in [0, 0.05) is 11.1 Å². The molecule has 0 fully saturated rings. The van der Waals surface area contributed by atoms with Crippen LogP contribution in [0.1, 0.15) is 0 Å². The minimum absolute atomic E-state index is 0.0876. The molecule has 0 aliphatic heterocycles. The fourth-order valence-corrected chi connectivity index (χ4v) is 2.93. The molecule has 1 aromatic carbocycles. The number of carbonyl (C=O) groups is 1. The van der Waals surface area contributed by atoms with Crippen LogP contribution < -0.4 is 14.8 Å². The molecule has 0 saturated carbocycles. The van der Waals surface area contributed by atoms with Crippen molar-refractivity contribution >= 4 is 28.8 Å². The van der Waals surface area contributed by atoms with E-state index in [-0.39, 0.29) is 19.1 Å². The van der Waals surface area contributed by atoms with Gasteiger partial charge in [-0.1, -0.05) is 23.7 Å². The van der Waals surface area contributed by atoms with Crippen molar-refractivity contribution in [2.75, 3.05) is 19.8 Å². The van der Waals surface area contributed by atoms with Gasteiger partial charge in [0.15, 0.2) is 6.61 Å². The predicted octanol–water partition coefficient (Wildman–Crippen LogP) is 3.43. The van der Waals surface area contributed by atoms with Crippen LogP contribution in [0.25, 0.3) is 10.6 Å². The van der Waals surface area contributed by atoms with Crippen LogP contribution >= 0.6 is 22.9 Å². The molecule has 0 saturated heterocycles. The molecule has 0 bridgehead atoms. The molecule has 2 heterocycles. The second-order valence-corrected chi connectivity index (χ2v) is 6.56. The van der Waals surface area contributed by atoms with Crippen molar-refractivity contribution in [1.82, 2.24) is 15.5 Å². The number of benzene rings is 1. The van der Waals surface area contributed by atoms with Crippen LogP contribution in [0.5, 0.6) is 11.6 Å². The van der Waals surface area contributed by atoms with E-state index in [1.54, 1.807) is 41.7 Å². The van der Waals surface area contributed by atoms with E-state index in [9.17, 15) is 4.79 Å². The second kappa shape index (κ2) is 9.17. The van der Waals surface area contributed by atoms with Crippen molar-refractivity contribution in [2.45, 2.75) is 0 Å². The maximum Gasteiger partial charge on any atom is 0.258 e. The van der Waals surface area contributed by atoms with Gasteiger partial charge in [-0.3, -0.25) is 4.79 Å². The Bertz CT molecular complexity index is 841. The molecule has 0 spiro atoms. The molecule has 26 heavy (non-hydrogen) atoms. The van der Waals surface area contributed by atoms with E-state index in [0.717, 1.165) is 10.6 Å². The smallest absolute Gasteiger partial charge is 0.258 e. The zero-order chi connectivity index (χ0) is 18.2. The number of carbonyl (C=O) groups excluding carboxylic acids is 1. The topological polar surface area (TPSA) is 73.3 Å². The number of nitrogens with one attached hydrogen (secondary N) is 1. The SMILES string of the molecule is O=C(COc1cccc(Cl)c1)NCCOc1ccc(-c2cccs2)nn1. The van der Waals surface area contributed by atoms with Crippen LogP contribution in [-0.2, 0) is 4.79 Å². The van der Waals surface area contributed by atoms with Gasteiger partial charge in [-0.05, 0) is 35.7 Å². The number of rotatable bonds is 8. The summed E-state index contributed by atoms with van der Waals surface area (Å²) in [4.78, 5) is 12.8. The Morgan fingerprint density at radius 2 is 2.04 bits per heavy atom. The van der Waals surface area contributed by atoms with Crippen LogP contribution in [0.2, 0.25) is 5.02 Å². The molecule has 0 aliphatic rings. The lowest BCUT2D eigenvalue weighted by Crippen LogP contribution is -2.32. The van der Waals surface area contributed by atoms with Crippen molar-refractivity contribution in [3.63, 3.8) is 0 Å². The normalized spacial score (nSPS) is 10.3. The minimum atomic E-state index is -0.243. The van der Waals surface area contributed by atoms with E-state index in [0.29, 0.717) is 23.2 Å².